The van der Waals surface area contributed by atoms with Crippen LogP contribution in [0, 0.1) is 5.92 Å². The van der Waals surface area contributed by atoms with Crippen LogP contribution in [0.1, 0.15) is 36.0 Å². The monoisotopic (exact) mass is 562 g/mol. The van der Waals surface area contributed by atoms with Gasteiger partial charge in [0, 0.05) is 29.1 Å². The highest BCUT2D eigenvalue weighted by Crippen LogP contribution is 2.43. The normalized spacial score (nSPS) is 21.4. The minimum absolute atomic E-state index is 0.0252. The van der Waals surface area contributed by atoms with Crippen molar-refractivity contribution in [2.75, 3.05) is 10.5 Å². The number of nitrogens with one attached hydrogen (secondary N) is 1. The van der Waals surface area contributed by atoms with Crippen LogP contribution in [0.3, 0.4) is 0 Å². The van der Waals surface area contributed by atoms with Gasteiger partial charge in [-0.3, -0.25) is 4.72 Å². The first-order valence-electron chi connectivity index (χ1n) is 12.7. The molecular weight excluding hydrogens is 532 g/mol. The first-order chi connectivity index (χ1) is 18.9. The van der Waals surface area contributed by atoms with Gasteiger partial charge in [-0.2, -0.15) is 0 Å². The second-order valence-electron chi connectivity index (χ2n) is 9.34. The number of rotatable bonds is 9. The molecule has 9 heteroatoms. The summed E-state index contributed by atoms with van der Waals surface area (Å²) in [4.78, 5) is 4.61. The Kier molecular flexibility index (Phi) is 8.64. The third-order valence-electron chi connectivity index (χ3n) is 6.62. The molecule has 3 aromatic carbocycles. The molecule has 7 nitrogen and oxygen atoms in total. The molecule has 2 N–H and O–H groups in total. The minimum Gasteiger partial charge on any atom is -0.392 e. The van der Waals surface area contributed by atoms with Crippen molar-refractivity contribution in [3.05, 3.63) is 120 Å². The molecule has 1 aliphatic heterocycles. The Morgan fingerprint density at radius 1 is 0.897 bits per heavy atom. The number of hydrogen-bond donors (Lipinski definition) is 2. The van der Waals surface area contributed by atoms with Crippen LogP contribution >= 0.6 is 11.8 Å². The summed E-state index contributed by atoms with van der Waals surface area (Å²) in [6, 6.07) is 28.9. The maximum Gasteiger partial charge on any atom is 0.261 e. The highest BCUT2D eigenvalue weighted by Gasteiger charge is 2.38. The number of nitrogens with zero attached hydrogens (tertiary/aromatic N) is 1. The third-order valence-corrected chi connectivity index (χ3v) is 9.05. The Morgan fingerprint density at radius 3 is 2.38 bits per heavy atom. The summed E-state index contributed by atoms with van der Waals surface area (Å²) in [6.07, 6.45) is 0.630. The third kappa shape index (κ3) is 6.69. The predicted octanol–water partition coefficient (Wildman–Crippen LogP) is 5.96. The highest BCUT2D eigenvalue weighted by molar-refractivity contribution is 7.99. The molecule has 0 aliphatic carbocycles. The van der Waals surface area contributed by atoms with Crippen LogP contribution in [0.4, 0.5) is 5.69 Å². The lowest BCUT2D eigenvalue weighted by molar-refractivity contribution is -0.268. The van der Waals surface area contributed by atoms with Crippen molar-refractivity contribution in [1.29, 1.82) is 0 Å². The van der Waals surface area contributed by atoms with Crippen molar-refractivity contribution in [2.45, 2.75) is 42.0 Å². The van der Waals surface area contributed by atoms with E-state index < -0.39 is 16.3 Å². The molecule has 1 fully saturated rings. The number of hydrogen-bond acceptors (Lipinski definition) is 7. The average Bonchev–Trinajstić information content (AvgIpc) is 2.97. The number of aliphatic hydroxyl groups excluding tert-OH is 1. The molecule has 0 bridgehead atoms. The van der Waals surface area contributed by atoms with Crippen molar-refractivity contribution in [2.24, 2.45) is 5.92 Å². The van der Waals surface area contributed by atoms with Crippen molar-refractivity contribution in [1.82, 2.24) is 4.98 Å². The molecule has 4 atom stereocenters. The zero-order valence-electron chi connectivity index (χ0n) is 21.4. The van der Waals surface area contributed by atoms with Crippen LogP contribution < -0.4 is 4.72 Å². The van der Waals surface area contributed by atoms with E-state index in [0.717, 1.165) is 16.2 Å². The molecule has 5 rings (SSSR count). The number of anilines is 1. The lowest BCUT2D eigenvalue weighted by Gasteiger charge is -2.41. The molecule has 4 aromatic rings. The number of aliphatic hydroxyl groups is 1. The molecule has 0 saturated carbocycles. The summed E-state index contributed by atoms with van der Waals surface area (Å²) < 4.78 is 41.4. The summed E-state index contributed by atoms with van der Waals surface area (Å²) in [5, 5.41) is 10.4. The number of sulfonamides is 1. The molecule has 1 aliphatic rings. The number of aromatic nitrogens is 1. The Balaban J connectivity index is 1.40. The van der Waals surface area contributed by atoms with Gasteiger partial charge in [0.25, 0.3) is 10.0 Å². The number of thioether (sulfide) groups is 1. The molecule has 0 radical (unpaired) electrons. The van der Waals surface area contributed by atoms with E-state index in [1.165, 1.54) is 0 Å². The summed E-state index contributed by atoms with van der Waals surface area (Å²) in [5.74, 6) is 0.695. The van der Waals surface area contributed by atoms with Crippen molar-refractivity contribution in [3.63, 3.8) is 0 Å². The molecule has 202 valence electrons. The molecule has 0 spiro atoms. The molecule has 1 aromatic heterocycles. The smallest absolute Gasteiger partial charge is 0.261 e. The minimum atomic E-state index is -3.74. The summed E-state index contributed by atoms with van der Waals surface area (Å²) in [7, 11) is -3.74. The van der Waals surface area contributed by atoms with Crippen molar-refractivity contribution < 1.29 is 23.0 Å². The zero-order valence-corrected chi connectivity index (χ0v) is 23.0. The Labute approximate surface area is 233 Å². The lowest BCUT2D eigenvalue weighted by Crippen LogP contribution is -2.38. The van der Waals surface area contributed by atoms with E-state index in [1.54, 1.807) is 66.5 Å². The maximum absolute atomic E-state index is 12.9. The number of ether oxygens (including phenoxy) is 2. The van der Waals surface area contributed by atoms with E-state index in [0.29, 0.717) is 17.0 Å². The molecular formula is C30H30N2O5S2. The van der Waals surface area contributed by atoms with E-state index in [2.05, 4.69) is 16.6 Å². The van der Waals surface area contributed by atoms with Gasteiger partial charge < -0.3 is 14.6 Å². The quantitative estimate of drug-likeness (QED) is 0.243. The average molecular weight is 563 g/mol. The fraction of sp³-hybridized carbons (Fsp3) is 0.233. The fourth-order valence-electron chi connectivity index (χ4n) is 4.47. The second-order valence-corrected chi connectivity index (χ2v) is 12.1. The van der Waals surface area contributed by atoms with Crippen molar-refractivity contribution in [3.8, 4) is 0 Å². The van der Waals surface area contributed by atoms with Crippen LogP contribution in [0.2, 0.25) is 0 Å². The van der Waals surface area contributed by atoms with Gasteiger partial charge >= 0.3 is 0 Å². The second kappa shape index (κ2) is 12.3. The largest absolute Gasteiger partial charge is 0.392 e. The zero-order chi connectivity index (χ0) is 27.2. The molecule has 0 unspecified atom stereocenters. The summed E-state index contributed by atoms with van der Waals surface area (Å²) in [6.45, 7) is 2.08. The Morgan fingerprint density at radius 2 is 1.67 bits per heavy atom. The van der Waals surface area contributed by atoms with Crippen LogP contribution in [0.5, 0.6) is 0 Å². The van der Waals surface area contributed by atoms with Gasteiger partial charge in [0.05, 0.1) is 28.7 Å². The van der Waals surface area contributed by atoms with E-state index in [-0.39, 0.29) is 29.6 Å². The predicted molar refractivity (Wildman–Crippen MR) is 152 cm³/mol. The lowest BCUT2D eigenvalue weighted by atomic mass is 9.91. The van der Waals surface area contributed by atoms with Crippen LogP contribution in [-0.2, 0) is 26.1 Å². The topological polar surface area (TPSA) is 97.8 Å². The molecule has 2 heterocycles. The van der Waals surface area contributed by atoms with Crippen LogP contribution in [-0.4, -0.2) is 30.4 Å². The van der Waals surface area contributed by atoms with Gasteiger partial charge in [0.1, 0.15) is 0 Å². The standard InChI is InChI=1S/C30H30N2O5S2/c1-21-27(20-38-28-12-5-6-17-31-28)36-30(37-29(21)23-15-13-22(19-33)14-16-23)24-8-7-9-25(18-24)32-39(34,35)26-10-3-2-4-11-26/h2-18,21,27,29-30,32-33H,19-20H2,1H3/t21-,27+,29+,30+/m1/s1. The van der Waals surface area contributed by atoms with Gasteiger partial charge in [-0.1, -0.05) is 67.6 Å². The van der Waals surface area contributed by atoms with Crippen LogP contribution in [0.15, 0.2) is 113 Å². The van der Waals surface area contributed by atoms with Gasteiger partial charge in [0.15, 0.2) is 6.29 Å². The molecule has 39 heavy (non-hydrogen) atoms. The van der Waals surface area contributed by atoms with Gasteiger partial charge in [-0.15, -0.1) is 11.8 Å². The first kappa shape index (κ1) is 27.4. The SMILES string of the molecule is C[C@@H]1[C@H](CSc2ccccn2)O[C@H](c2cccc(NS(=O)(=O)c3ccccc3)c2)O[C@@H]1c1ccc(CO)cc1. The maximum atomic E-state index is 12.9. The van der Waals surface area contributed by atoms with E-state index in [9.17, 15) is 13.5 Å². The van der Waals surface area contributed by atoms with Gasteiger partial charge in [0.2, 0.25) is 0 Å². The van der Waals surface area contributed by atoms with Crippen LogP contribution in [0.25, 0.3) is 0 Å². The highest BCUT2D eigenvalue weighted by atomic mass is 32.2. The number of pyridine rings is 1. The Bertz CT molecular complexity index is 1470. The molecule has 1 saturated heterocycles. The van der Waals surface area contributed by atoms with E-state index in [4.69, 9.17) is 9.47 Å². The summed E-state index contributed by atoms with van der Waals surface area (Å²) >= 11 is 1.62. The van der Waals surface area contributed by atoms with E-state index in [1.807, 2.05) is 48.5 Å². The van der Waals surface area contributed by atoms with Gasteiger partial charge in [-0.25, -0.2) is 13.4 Å². The fourth-order valence-corrected chi connectivity index (χ4v) is 6.57. The van der Waals surface area contributed by atoms with Gasteiger partial charge in [-0.05, 0) is 47.5 Å². The Hall–Kier alpha value is -3.21. The van der Waals surface area contributed by atoms with E-state index >= 15 is 0 Å². The number of benzene rings is 3. The first-order valence-corrected chi connectivity index (χ1v) is 15.1. The van der Waals surface area contributed by atoms with Crippen molar-refractivity contribution >= 4 is 27.5 Å². The molecule has 0 amide bonds. The summed E-state index contributed by atoms with van der Waals surface area (Å²) in [5.41, 5.74) is 2.95.